The van der Waals surface area contributed by atoms with Gasteiger partial charge in [0, 0.05) is 16.6 Å². The van der Waals surface area contributed by atoms with Crippen molar-refractivity contribution in [3.05, 3.63) is 60.0 Å². The fraction of sp³-hybridized carbons (Fsp3) is 0.286. The standard InChI is InChI=1S/C21H23BN2O2S/c1-20(2)21(3,4)26-22(25-20)16-10-12-17(13-11-16)23-19-24-18(14-27-19)15-8-6-5-7-9-15/h5-14H,1-4H3,(H,23,24). The highest BCUT2D eigenvalue weighted by Crippen LogP contribution is 2.36. The van der Waals surface area contributed by atoms with Gasteiger partial charge >= 0.3 is 7.12 Å². The normalized spacial score (nSPS) is 17.9. The van der Waals surface area contributed by atoms with E-state index in [0.29, 0.717) is 0 Å². The zero-order valence-electron chi connectivity index (χ0n) is 16.0. The van der Waals surface area contributed by atoms with E-state index in [0.717, 1.165) is 27.5 Å². The van der Waals surface area contributed by atoms with Gasteiger partial charge in [-0.2, -0.15) is 0 Å². The quantitative estimate of drug-likeness (QED) is 0.659. The first kappa shape index (κ1) is 18.2. The highest BCUT2D eigenvalue weighted by molar-refractivity contribution is 7.14. The summed E-state index contributed by atoms with van der Waals surface area (Å²) in [6.07, 6.45) is 0. The summed E-state index contributed by atoms with van der Waals surface area (Å²) >= 11 is 1.60. The third-order valence-corrected chi connectivity index (χ3v) is 6.02. The van der Waals surface area contributed by atoms with Gasteiger partial charge in [0.05, 0.1) is 16.9 Å². The minimum absolute atomic E-state index is 0.330. The molecule has 4 nitrogen and oxygen atoms in total. The molecule has 0 unspecified atom stereocenters. The Kier molecular flexibility index (Phi) is 4.58. The van der Waals surface area contributed by atoms with Gasteiger partial charge in [-0.15, -0.1) is 11.3 Å². The molecule has 0 atom stereocenters. The highest BCUT2D eigenvalue weighted by Gasteiger charge is 2.51. The summed E-state index contributed by atoms with van der Waals surface area (Å²) in [5.74, 6) is 0. The van der Waals surface area contributed by atoms with E-state index in [-0.39, 0.29) is 18.3 Å². The van der Waals surface area contributed by atoms with E-state index in [1.54, 1.807) is 11.3 Å². The maximum atomic E-state index is 6.11. The van der Waals surface area contributed by atoms with Gasteiger partial charge in [0.25, 0.3) is 0 Å². The van der Waals surface area contributed by atoms with Crippen LogP contribution in [0.3, 0.4) is 0 Å². The minimum atomic E-state index is -0.339. The monoisotopic (exact) mass is 378 g/mol. The van der Waals surface area contributed by atoms with Crippen LogP contribution in [0.15, 0.2) is 60.0 Å². The van der Waals surface area contributed by atoms with E-state index >= 15 is 0 Å². The van der Waals surface area contributed by atoms with Crippen molar-refractivity contribution < 1.29 is 9.31 Å². The van der Waals surface area contributed by atoms with E-state index < -0.39 is 0 Å². The molecule has 1 aliphatic rings. The van der Waals surface area contributed by atoms with Crippen LogP contribution in [0.1, 0.15) is 27.7 Å². The zero-order chi connectivity index (χ0) is 19.1. The molecule has 0 spiro atoms. The van der Waals surface area contributed by atoms with Gasteiger partial charge in [0.2, 0.25) is 0 Å². The lowest BCUT2D eigenvalue weighted by molar-refractivity contribution is 0.00578. The molecule has 0 bridgehead atoms. The maximum Gasteiger partial charge on any atom is 0.494 e. The fourth-order valence-electron chi connectivity index (χ4n) is 2.90. The number of anilines is 2. The minimum Gasteiger partial charge on any atom is -0.399 e. The molecule has 138 valence electrons. The van der Waals surface area contributed by atoms with Gasteiger partial charge in [-0.25, -0.2) is 4.98 Å². The Morgan fingerprint density at radius 2 is 1.52 bits per heavy atom. The Morgan fingerprint density at radius 3 is 2.15 bits per heavy atom. The molecular formula is C21H23BN2O2S. The number of nitrogens with one attached hydrogen (secondary N) is 1. The van der Waals surface area contributed by atoms with Crippen LogP contribution >= 0.6 is 11.3 Å². The number of nitrogens with zero attached hydrogens (tertiary/aromatic N) is 1. The average molecular weight is 378 g/mol. The topological polar surface area (TPSA) is 43.4 Å². The van der Waals surface area contributed by atoms with Crippen LogP contribution < -0.4 is 10.8 Å². The summed E-state index contributed by atoms with van der Waals surface area (Å²) in [4.78, 5) is 4.67. The third-order valence-electron chi connectivity index (χ3n) is 5.26. The van der Waals surface area contributed by atoms with Gasteiger partial charge in [-0.3, -0.25) is 0 Å². The summed E-state index contributed by atoms with van der Waals surface area (Å²) in [6, 6.07) is 18.3. The third kappa shape index (κ3) is 3.65. The maximum absolute atomic E-state index is 6.11. The lowest BCUT2D eigenvalue weighted by atomic mass is 9.79. The number of benzene rings is 2. The zero-order valence-corrected chi connectivity index (χ0v) is 16.8. The second-order valence-corrected chi connectivity index (χ2v) is 8.60. The Morgan fingerprint density at radius 1 is 0.889 bits per heavy atom. The molecule has 1 aliphatic heterocycles. The van der Waals surface area contributed by atoms with Crippen LogP contribution in [0.2, 0.25) is 0 Å². The smallest absolute Gasteiger partial charge is 0.399 e. The van der Waals surface area contributed by atoms with E-state index in [2.05, 4.69) is 55.5 Å². The molecule has 1 aromatic heterocycles. The van der Waals surface area contributed by atoms with Crippen molar-refractivity contribution in [2.75, 3.05) is 5.32 Å². The van der Waals surface area contributed by atoms with Gasteiger partial charge in [0.1, 0.15) is 0 Å². The first-order valence-corrected chi connectivity index (χ1v) is 9.96. The second kappa shape index (κ2) is 6.78. The van der Waals surface area contributed by atoms with Crippen molar-refractivity contribution in [2.45, 2.75) is 38.9 Å². The van der Waals surface area contributed by atoms with Crippen LogP contribution in [0, 0.1) is 0 Å². The molecule has 4 rings (SSSR count). The summed E-state index contributed by atoms with van der Waals surface area (Å²) < 4.78 is 12.2. The Labute approximate surface area is 164 Å². The predicted molar refractivity (Wildman–Crippen MR) is 113 cm³/mol. The molecule has 1 N–H and O–H groups in total. The summed E-state index contributed by atoms with van der Waals surface area (Å²) in [5, 5.41) is 6.31. The van der Waals surface area contributed by atoms with Crippen LogP contribution in [0.5, 0.6) is 0 Å². The molecule has 0 aliphatic carbocycles. The second-order valence-electron chi connectivity index (χ2n) is 7.74. The average Bonchev–Trinajstić information content (AvgIpc) is 3.18. The molecule has 2 heterocycles. The van der Waals surface area contributed by atoms with Crippen molar-refractivity contribution in [1.82, 2.24) is 4.98 Å². The molecule has 1 fully saturated rings. The number of aromatic nitrogens is 1. The molecule has 0 radical (unpaired) electrons. The first-order chi connectivity index (χ1) is 12.8. The van der Waals surface area contributed by atoms with Crippen molar-refractivity contribution in [1.29, 1.82) is 0 Å². The van der Waals surface area contributed by atoms with Crippen LogP contribution in [-0.4, -0.2) is 23.3 Å². The van der Waals surface area contributed by atoms with Gasteiger partial charge in [-0.1, -0.05) is 42.5 Å². The molecule has 6 heteroatoms. The molecule has 0 amide bonds. The Balaban J connectivity index is 1.46. The number of hydrogen-bond acceptors (Lipinski definition) is 5. The largest absolute Gasteiger partial charge is 0.494 e. The van der Waals surface area contributed by atoms with Crippen LogP contribution in [0.25, 0.3) is 11.3 Å². The van der Waals surface area contributed by atoms with E-state index in [1.165, 1.54) is 0 Å². The molecule has 3 aromatic rings. The Bertz CT molecular complexity index is 907. The lowest BCUT2D eigenvalue weighted by Crippen LogP contribution is -2.41. The fourth-order valence-corrected chi connectivity index (χ4v) is 3.64. The van der Waals surface area contributed by atoms with Crippen molar-refractivity contribution in [3.63, 3.8) is 0 Å². The molecular weight excluding hydrogens is 355 g/mol. The molecule has 2 aromatic carbocycles. The van der Waals surface area contributed by atoms with Gasteiger partial charge < -0.3 is 14.6 Å². The van der Waals surface area contributed by atoms with Gasteiger partial charge in [0.15, 0.2) is 5.13 Å². The summed E-state index contributed by atoms with van der Waals surface area (Å²) in [5.41, 5.74) is 3.45. The SMILES string of the molecule is CC1(C)OB(c2ccc(Nc3nc(-c4ccccc4)cs3)cc2)OC1(C)C. The number of rotatable bonds is 4. The van der Waals surface area contributed by atoms with E-state index in [1.807, 2.05) is 42.5 Å². The molecule has 27 heavy (non-hydrogen) atoms. The number of hydrogen-bond donors (Lipinski definition) is 1. The molecule has 1 saturated heterocycles. The highest BCUT2D eigenvalue weighted by atomic mass is 32.1. The van der Waals surface area contributed by atoms with Crippen molar-refractivity contribution in [3.8, 4) is 11.3 Å². The van der Waals surface area contributed by atoms with E-state index in [9.17, 15) is 0 Å². The predicted octanol–water partition coefficient (Wildman–Crippen LogP) is 4.85. The van der Waals surface area contributed by atoms with Gasteiger partial charge in [-0.05, 0) is 45.3 Å². The van der Waals surface area contributed by atoms with Crippen LogP contribution in [0.4, 0.5) is 10.8 Å². The summed E-state index contributed by atoms with van der Waals surface area (Å²) in [6.45, 7) is 8.26. The van der Waals surface area contributed by atoms with Crippen molar-refractivity contribution >= 4 is 34.7 Å². The van der Waals surface area contributed by atoms with Crippen LogP contribution in [-0.2, 0) is 9.31 Å². The summed E-state index contributed by atoms with van der Waals surface area (Å²) in [7, 11) is -0.339. The Hall–Kier alpha value is -2.15. The lowest BCUT2D eigenvalue weighted by Gasteiger charge is -2.32. The molecule has 0 saturated carbocycles. The number of thiazole rings is 1. The first-order valence-electron chi connectivity index (χ1n) is 9.08. The van der Waals surface area contributed by atoms with E-state index in [4.69, 9.17) is 9.31 Å². The van der Waals surface area contributed by atoms with Crippen molar-refractivity contribution in [2.24, 2.45) is 0 Å².